The molecule has 4 saturated heterocycles. The van der Waals surface area contributed by atoms with E-state index in [1.807, 2.05) is 6.07 Å². The molecule has 7 rings (SSSR count). The first kappa shape index (κ1) is 16.6. The number of hydrogen-bond donors (Lipinski definition) is 1. The molecule has 1 aromatic carbocycles. The Morgan fingerprint density at radius 2 is 1.93 bits per heavy atom. The van der Waals surface area contributed by atoms with Crippen LogP contribution in [0, 0.1) is 5.92 Å². The molecule has 28 heavy (non-hydrogen) atoms. The fraction of sp³-hybridized carbons (Fsp3) is 0.500. The number of nitrogens with two attached hydrogens (primary N) is 1. The molecule has 0 radical (unpaired) electrons. The zero-order valence-corrected chi connectivity index (χ0v) is 16.0. The van der Waals surface area contributed by atoms with Crippen molar-refractivity contribution in [2.24, 2.45) is 5.92 Å². The number of aromatic nitrogens is 1. The Bertz CT molecular complexity index is 896. The molecule has 2 N–H and O–H groups in total. The predicted molar refractivity (Wildman–Crippen MR) is 106 cm³/mol. The maximum Gasteiger partial charge on any atom is 0.231 e. The molecular formula is C22H26N4O2. The number of hydrogen-bond acceptors (Lipinski definition) is 6. The van der Waals surface area contributed by atoms with Gasteiger partial charge in [-0.25, -0.2) is 4.98 Å². The summed E-state index contributed by atoms with van der Waals surface area (Å²) in [5.74, 6) is 3.68. The second-order valence-corrected chi connectivity index (χ2v) is 8.55. The van der Waals surface area contributed by atoms with Crippen LogP contribution in [0.1, 0.15) is 29.9 Å². The summed E-state index contributed by atoms with van der Waals surface area (Å²) in [5, 5.41) is 0. The standard InChI is InChI=1S/C22H26N4O2/c23-22-16(2-1-7-24-22)11-26-12-17(15-3-4-18-19(10-15)28-13-27-18)21-20(26)14-5-8-25(21)9-6-14/h1-4,7,10,14,17,20-21H,5-6,8-9,11-13H2,(H2,23,24)/t17-,20+,21+/m0/s1. The van der Waals surface area contributed by atoms with E-state index in [9.17, 15) is 0 Å². The molecule has 0 saturated carbocycles. The lowest BCUT2D eigenvalue weighted by Gasteiger charge is -2.51. The predicted octanol–water partition coefficient (Wildman–Crippen LogP) is 2.45. The largest absolute Gasteiger partial charge is 0.454 e. The van der Waals surface area contributed by atoms with Crippen LogP contribution in [-0.4, -0.2) is 53.3 Å². The summed E-state index contributed by atoms with van der Waals surface area (Å²) < 4.78 is 11.2. The third-order valence-electron chi connectivity index (χ3n) is 7.22. The van der Waals surface area contributed by atoms with Crippen molar-refractivity contribution >= 4 is 5.82 Å². The van der Waals surface area contributed by atoms with Crippen molar-refractivity contribution in [3.63, 3.8) is 0 Å². The summed E-state index contributed by atoms with van der Waals surface area (Å²) in [6.45, 7) is 4.73. The van der Waals surface area contributed by atoms with Gasteiger partial charge in [-0.2, -0.15) is 0 Å². The number of pyridine rings is 1. The van der Waals surface area contributed by atoms with Gasteiger partial charge in [0, 0.05) is 42.9 Å². The van der Waals surface area contributed by atoms with Crippen LogP contribution in [0.15, 0.2) is 36.5 Å². The number of ether oxygens (including phenoxy) is 2. The van der Waals surface area contributed by atoms with E-state index in [-0.39, 0.29) is 0 Å². The number of fused-ring (bicyclic) bond motifs is 3. The topological polar surface area (TPSA) is 63.9 Å². The quantitative estimate of drug-likeness (QED) is 0.885. The van der Waals surface area contributed by atoms with Crippen molar-refractivity contribution in [1.82, 2.24) is 14.8 Å². The number of benzene rings is 1. The minimum Gasteiger partial charge on any atom is -0.454 e. The summed E-state index contributed by atoms with van der Waals surface area (Å²) in [4.78, 5) is 9.70. The Hall–Kier alpha value is -2.31. The number of rotatable bonds is 3. The SMILES string of the molecule is Nc1ncccc1CN1C[C@@H](c2ccc3c(c2)OCO3)[C@@H]2[C@H]1C1CCN2CC1. The Morgan fingerprint density at radius 3 is 2.79 bits per heavy atom. The first-order valence-corrected chi connectivity index (χ1v) is 10.3. The van der Waals surface area contributed by atoms with Crippen LogP contribution in [0.25, 0.3) is 0 Å². The Balaban J connectivity index is 1.35. The van der Waals surface area contributed by atoms with Crippen LogP contribution in [-0.2, 0) is 6.54 Å². The molecule has 0 spiro atoms. The molecule has 5 aliphatic rings. The Labute approximate surface area is 165 Å². The molecule has 2 bridgehead atoms. The molecule has 0 aliphatic carbocycles. The van der Waals surface area contributed by atoms with E-state index in [1.165, 1.54) is 31.5 Å². The van der Waals surface area contributed by atoms with Crippen molar-refractivity contribution in [2.75, 3.05) is 32.2 Å². The Morgan fingerprint density at radius 1 is 1.07 bits per heavy atom. The van der Waals surface area contributed by atoms with Gasteiger partial charge in [0.1, 0.15) is 5.82 Å². The summed E-state index contributed by atoms with van der Waals surface area (Å²) >= 11 is 0. The second-order valence-electron chi connectivity index (χ2n) is 8.55. The molecule has 6 nitrogen and oxygen atoms in total. The fourth-order valence-corrected chi connectivity index (χ4v) is 5.96. The maximum atomic E-state index is 6.17. The minimum absolute atomic E-state index is 0.329. The van der Waals surface area contributed by atoms with Gasteiger partial charge < -0.3 is 15.2 Å². The minimum atomic E-state index is 0.329. The van der Waals surface area contributed by atoms with Gasteiger partial charge >= 0.3 is 0 Å². The second kappa shape index (κ2) is 6.36. The monoisotopic (exact) mass is 378 g/mol. The van der Waals surface area contributed by atoms with E-state index in [0.717, 1.165) is 36.1 Å². The highest BCUT2D eigenvalue weighted by atomic mass is 16.7. The van der Waals surface area contributed by atoms with Crippen molar-refractivity contribution in [2.45, 2.75) is 37.4 Å². The van der Waals surface area contributed by atoms with Gasteiger partial charge in [0.2, 0.25) is 6.79 Å². The van der Waals surface area contributed by atoms with E-state index in [2.05, 4.69) is 39.0 Å². The molecule has 146 valence electrons. The lowest BCUT2D eigenvalue weighted by Crippen LogP contribution is -2.60. The summed E-state index contributed by atoms with van der Waals surface area (Å²) in [7, 11) is 0. The van der Waals surface area contributed by atoms with Gasteiger partial charge in [-0.05, 0) is 55.6 Å². The highest BCUT2D eigenvalue weighted by molar-refractivity contribution is 5.46. The zero-order chi connectivity index (χ0) is 18.7. The van der Waals surface area contributed by atoms with Gasteiger partial charge in [0.15, 0.2) is 11.5 Å². The molecule has 2 aromatic rings. The first-order chi connectivity index (χ1) is 13.8. The average molecular weight is 378 g/mol. The highest BCUT2D eigenvalue weighted by Crippen LogP contribution is 2.48. The molecule has 3 atom stereocenters. The van der Waals surface area contributed by atoms with E-state index in [0.29, 0.717) is 30.6 Å². The van der Waals surface area contributed by atoms with Crippen LogP contribution in [0.2, 0.25) is 0 Å². The summed E-state index contributed by atoms with van der Waals surface area (Å²) in [6, 6.07) is 11.8. The summed E-state index contributed by atoms with van der Waals surface area (Å²) in [5.41, 5.74) is 8.68. The molecule has 0 amide bonds. The van der Waals surface area contributed by atoms with E-state index in [4.69, 9.17) is 15.2 Å². The van der Waals surface area contributed by atoms with Crippen LogP contribution >= 0.6 is 0 Å². The number of anilines is 1. The molecule has 4 fully saturated rings. The smallest absolute Gasteiger partial charge is 0.231 e. The van der Waals surface area contributed by atoms with Gasteiger partial charge in [-0.3, -0.25) is 9.80 Å². The van der Waals surface area contributed by atoms with Crippen LogP contribution in [0.4, 0.5) is 5.82 Å². The third kappa shape index (κ3) is 2.51. The molecule has 6 heterocycles. The summed E-state index contributed by atoms with van der Waals surface area (Å²) in [6.07, 6.45) is 4.40. The third-order valence-corrected chi connectivity index (χ3v) is 7.22. The normalized spacial score (nSPS) is 33.2. The van der Waals surface area contributed by atoms with Crippen molar-refractivity contribution in [1.29, 1.82) is 0 Å². The number of likely N-dealkylation sites (tertiary alicyclic amines) is 1. The van der Waals surface area contributed by atoms with Gasteiger partial charge in [0.05, 0.1) is 0 Å². The van der Waals surface area contributed by atoms with E-state index < -0.39 is 0 Å². The number of nitrogen functional groups attached to an aromatic ring is 1. The molecule has 6 heteroatoms. The van der Waals surface area contributed by atoms with Crippen molar-refractivity contribution in [3.05, 3.63) is 47.7 Å². The zero-order valence-electron chi connectivity index (χ0n) is 16.0. The van der Waals surface area contributed by atoms with Crippen LogP contribution < -0.4 is 15.2 Å². The van der Waals surface area contributed by atoms with E-state index >= 15 is 0 Å². The van der Waals surface area contributed by atoms with Gasteiger partial charge in [0.25, 0.3) is 0 Å². The van der Waals surface area contributed by atoms with Gasteiger partial charge in [-0.1, -0.05) is 12.1 Å². The average Bonchev–Trinajstić information content (AvgIpc) is 3.36. The lowest BCUT2D eigenvalue weighted by atomic mass is 9.75. The molecule has 5 aliphatic heterocycles. The van der Waals surface area contributed by atoms with Crippen LogP contribution in [0.5, 0.6) is 11.5 Å². The first-order valence-electron chi connectivity index (χ1n) is 10.3. The highest BCUT2D eigenvalue weighted by Gasteiger charge is 2.53. The number of nitrogens with zero attached hydrogens (tertiary/aromatic N) is 3. The molecular weight excluding hydrogens is 352 g/mol. The van der Waals surface area contributed by atoms with Crippen molar-refractivity contribution in [3.8, 4) is 11.5 Å². The number of piperidine rings is 3. The lowest BCUT2D eigenvalue weighted by molar-refractivity contribution is -0.00866. The Kier molecular flexibility index (Phi) is 3.77. The van der Waals surface area contributed by atoms with Crippen molar-refractivity contribution < 1.29 is 9.47 Å². The van der Waals surface area contributed by atoms with E-state index in [1.54, 1.807) is 6.20 Å². The maximum absolute atomic E-state index is 6.17. The fourth-order valence-electron chi connectivity index (χ4n) is 5.96. The molecule has 0 unspecified atom stereocenters. The van der Waals surface area contributed by atoms with Gasteiger partial charge in [-0.15, -0.1) is 0 Å². The van der Waals surface area contributed by atoms with Crippen LogP contribution in [0.3, 0.4) is 0 Å². The molecule has 1 aromatic heterocycles.